The normalized spacial score (nSPS) is 29.3. The number of allylic oxidation sites excluding steroid dienone is 2. The standard InChI is InChI=1S/C36H51N3O8/c1-25(24-45-35(43)39-18-16-28-11-6-7-12-30(28)39)9-8-10-26(2)33-27(3)13-14-31(46-34(42)38-21-19-37(5)20-22-38)36(4,44)17-15-29(40)23-32(41)47-33/h6-14,25,27,29,31,33,40,44H,15-24H2,1-5H3/b9-8+,14-13+,26-10+/t25-,27+,29+,31+,33-,36+/m1/s1. The van der Waals surface area contributed by atoms with Gasteiger partial charge in [-0.25, -0.2) is 9.59 Å². The quantitative estimate of drug-likeness (QED) is 0.198. The zero-order chi connectivity index (χ0) is 34.1. The van der Waals surface area contributed by atoms with E-state index < -0.39 is 36.0 Å². The number of rotatable bonds is 6. The van der Waals surface area contributed by atoms with Crippen molar-refractivity contribution in [1.82, 2.24) is 9.80 Å². The van der Waals surface area contributed by atoms with E-state index in [1.165, 1.54) is 0 Å². The first kappa shape index (κ1) is 36.2. The first-order valence-electron chi connectivity index (χ1n) is 16.6. The van der Waals surface area contributed by atoms with Gasteiger partial charge in [-0.15, -0.1) is 0 Å². The lowest BCUT2D eigenvalue weighted by molar-refractivity contribution is -0.151. The Bertz CT molecular complexity index is 1330. The highest BCUT2D eigenvalue weighted by Gasteiger charge is 2.37. The molecule has 0 bridgehead atoms. The number of aliphatic hydroxyl groups excluding tert-OH is 1. The molecule has 3 aliphatic heterocycles. The summed E-state index contributed by atoms with van der Waals surface area (Å²) in [5.74, 6) is -0.950. The summed E-state index contributed by atoms with van der Waals surface area (Å²) in [5.41, 5.74) is 1.32. The van der Waals surface area contributed by atoms with Crippen molar-refractivity contribution in [3.05, 3.63) is 65.8 Å². The molecular weight excluding hydrogens is 602 g/mol. The lowest BCUT2D eigenvalue weighted by atomic mass is 9.89. The molecule has 0 unspecified atom stereocenters. The van der Waals surface area contributed by atoms with Crippen molar-refractivity contribution in [3.63, 3.8) is 0 Å². The maximum atomic E-state index is 13.0. The number of benzene rings is 1. The van der Waals surface area contributed by atoms with Crippen LogP contribution in [0.3, 0.4) is 0 Å². The fourth-order valence-corrected chi connectivity index (χ4v) is 5.98. The van der Waals surface area contributed by atoms with Gasteiger partial charge in [0.2, 0.25) is 0 Å². The van der Waals surface area contributed by atoms with Gasteiger partial charge in [-0.2, -0.15) is 0 Å². The predicted octanol–water partition coefficient (Wildman–Crippen LogP) is 4.48. The summed E-state index contributed by atoms with van der Waals surface area (Å²) in [4.78, 5) is 44.0. The topological polar surface area (TPSA) is 129 Å². The largest absolute Gasteiger partial charge is 0.457 e. The number of fused-ring (bicyclic) bond motifs is 1. The van der Waals surface area contributed by atoms with Gasteiger partial charge in [-0.3, -0.25) is 9.69 Å². The number of hydrogen-bond donors (Lipinski definition) is 2. The van der Waals surface area contributed by atoms with E-state index >= 15 is 0 Å². The van der Waals surface area contributed by atoms with Gasteiger partial charge in [0.25, 0.3) is 0 Å². The molecule has 3 aliphatic rings. The summed E-state index contributed by atoms with van der Waals surface area (Å²) in [5, 5.41) is 21.9. The predicted molar refractivity (Wildman–Crippen MR) is 179 cm³/mol. The zero-order valence-corrected chi connectivity index (χ0v) is 28.3. The summed E-state index contributed by atoms with van der Waals surface area (Å²) in [6.07, 6.45) is 6.38. The molecule has 0 aromatic heterocycles. The monoisotopic (exact) mass is 653 g/mol. The van der Waals surface area contributed by atoms with Gasteiger partial charge in [0.05, 0.1) is 24.8 Å². The molecule has 6 atom stereocenters. The Morgan fingerprint density at radius 1 is 1.13 bits per heavy atom. The van der Waals surface area contributed by atoms with Gasteiger partial charge in [0, 0.05) is 44.6 Å². The number of amides is 2. The second-order valence-corrected chi connectivity index (χ2v) is 13.4. The molecule has 2 amide bonds. The fraction of sp³-hybridized carbons (Fsp3) is 0.583. The molecular formula is C36H51N3O8. The number of carbonyl (C=O) groups is 3. The Labute approximate surface area is 278 Å². The number of anilines is 1. The van der Waals surface area contributed by atoms with E-state index in [1.807, 2.05) is 70.3 Å². The smallest absolute Gasteiger partial charge is 0.414 e. The Hall–Kier alpha value is -3.67. The van der Waals surface area contributed by atoms with Crippen LogP contribution in [0.2, 0.25) is 0 Å². The number of cyclic esters (lactones) is 1. The van der Waals surface area contributed by atoms with Gasteiger partial charge in [0.15, 0.2) is 6.10 Å². The molecule has 0 aliphatic carbocycles. The number of ether oxygens (including phenoxy) is 3. The van der Waals surface area contributed by atoms with Gasteiger partial charge >= 0.3 is 18.2 Å². The van der Waals surface area contributed by atoms with Crippen molar-refractivity contribution in [3.8, 4) is 0 Å². The zero-order valence-electron chi connectivity index (χ0n) is 28.3. The number of likely N-dealkylation sites (N-methyl/N-ethyl adjacent to an activating group) is 1. The molecule has 3 heterocycles. The molecule has 1 fully saturated rings. The number of piperazine rings is 1. The minimum atomic E-state index is -1.47. The molecule has 0 saturated carbocycles. The molecule has 11 nitrogen and oxygen atoms in total. The van der Waals surface area contributed by atoms with Crippen LogP contribution in [0.25, 0.3) is 0 Å². The highest BCUT2D eigenvalue weighted by Crippen LogP contribution is 2.29. The summed E-state index contributed by atoms with van der Waals surface area (Å²) in [6, 6.07) is 7.83. The number of nitrogens with zero attached hydrogens (tertiary/aromatic N) is 3. The minimum Gasteiger partial charge on any atom is -0.457 e. The van der Waals surface area contributed by atoms with Gasteiger partial charge in [-0.1, -0.05) is 56.4 Å². The van der Waals surface area contributed by atoms with E-state index in [1.54, 1.807) is 28.9 Å². The second kappa shape index (κ2) is 16.4. The van der Waals surface area contributed by atoms with Crippen LogP contribution in [0.5, 0.6) is 0 Å². The maximum Gasteiger partial charge on any atom is 0.414 e. The Kier molecular flexibility index (Phi) is 12.6. The third kappa shape index (κ3) is 10.2. The third-order valence-corrected chi connectivity index (χ3v) is 9.14. The van der Waals surface area contributed by atoms with E-state index in [2.05, 4.69) is 4.90 Å². The average Bonchev–Trinajstić information content (AvgIpc) is 3.47. The third-order valence-electron chi connectivity index (χ3n) is 9.14. The van der Waals surface area contributed by atoms with Gasteiger partial charge < -0.3 is 34.2 Å². The molecule has 258 valence electrons. The number of para-hydroxylation sites is 1. The number of aliphatic hydroxyl groups is 2. The van der Waals surface area contributed by atoms with Crippen molar-refractivity contribution in [2.75, 3.05) is 51.3 Å². The minimum absolute atomic E-state index is 0.0647. The molecule has 4 rings (SSSR count). The Balaban J connectivity index is 1.41. The van der Waals surface area contributed by atoms with E-state index in [9.17, 15) is 24.6 Å². The van der Waals surface area contributed by atoms with Crippen LogP contribution in [-0.2, 0) is 25.4 Å². The average molecular weight is 654 g/mol. The Morgan fingerprint density at radius 3 is 2.60 bits per heavy atom. The lowest BCUT2D eigenvalue weighted by Crippen LogP contribution is -2.50. The van der Waals surface area contributed by atoms with Crippen LogP contribution in [0.1, 0.15) is 52.5 Å². The highest BCUT2D eigenvalue weighted by molar-refractivity contribution is 5.90. The van der Waals surface area contributed by atoms with Crippen LogP contribution in [0.15, 0.2) is 60.2 Å². The van der Waals surface area contributed by atoms with E-state index in [4.69, 9.17) is 14.2 Å². The SMILES string of the molecule is C/C(=C\C=C\[C@@H](C)COC(=O)N1CCc2ccccc21)[C@H]1OC(=O)C[C@@H](O)CC[C@](C)(O)[C@@H](OC(=O)N2CCN(C)CC2)/C=C/[C@@H]1C. The number of carbonyl (C=O) groups excluding carboxylic acids is 3. The fourth-order valence-electron chi connectivity index (χ4n) is 5.98. The van der Waals surface area contributed by atoms with Crippen molar-refractivity contribution < 1.29 is 38.8 Å². The van der Waals surface area contributed by atoms with Crippen LogP contribution in [-0.4, -0.2) is 108 Å². The molecule has 1 aromatic carbocycles. The molecule has 47 heavy (non-hydrogen) atoms. The van der Waals surface area contributed by atoms with Gasteiger partial charge in [-0.05, 0) is 63.4 Å². The number of esters is 1. The first-order chi connectivity index (χ1) is 22.3. The molecule has 2 N–H and O–H groups in total. The van der Waals surface area contributed by atoms with E-state index in [0.29, 0.717) is 19.6 Å². The second-order valence-electron chi connectivity index (χ2n) is 13.4. The summed E-state index contributed by atoms with van der Waals surface area (Å²) < 4.78 is 17.3. The van der Waals surface area contributed by atoms with Crippen molar-refractivity contribution >= 4 is 23.8 Å². The van der Waals surface area contributed by atoms with Crippen molar-refractivity contribution in [2.45, 2.75) is 77.3 Å². The molecule has 11 heteroatoms. The van der Waals surface area contributed by atoms with Crippen LogP contribution >= 0.6 is 0 Å². The van der Waals surface area contributed by atoms with Crippen LogP contribution in [0, 0.1) is 11.8 Å². The van der Waals surface area contributed by atoms with Crippen molar-refractivity contribution in [1.29, 1.82) is 0 Å². The van der Waals surface area contributed by atoms with E-state index in [-0.39, 0.29) is 43.8 Å². The van der Waals surface area contributed by atoms with E-state index in [0.717, 1.165) is 36.3 Å². The molecule has 0 spiro atoms. The van der Waals surface area contributed by atoms with Crippen molar-refractivity contribution in [2.24, 2.45) is 11.8 Å². The van der Waals surface area contributed by atoms with Crippen LogP contribution < -0.4 is 4.90 Å². The Morgan fingerprint density at radius 2 is 1.85 bits per heavy atom. The first-order valence-corrected chi connectivity index (χ1v) is 16.6. The van der Waals surface area contributed by atoms with Gasteiger partial charge in [0.1, 0.15) is 11.7 Å². The summed E-state index contributed by atoms with van der Waals surface area (Å²) in [6.45, 7) is 10.6. The molecule has 1 aromatic rings. The molecule has 1 saturated heterocycles. The molecule has 0 radical (unpaired) electrons. The number of hydrogen-bond acceptors (Lipinski definition) is 9. The highest BCUT2D eigenvalue weighted by atomic mass is 16.6. The van der Waals surface area contributed by atoms with Crippen LogP contribution in [0.4, 0.5) is 15.3 Å². The summed E-state index contributed by atoms with van der Waals surface area (Å²) in [7, 11) is 2.00. The lowest BCUT2D eigenvalue weighted by Gasteiger charge is -2.36. The summed E-state index contributed by atoms with van der Waals surface area (Å²) >= 11 is 0. The maximum absolute atomic E-state index is 13.0.